The lowest BCUT2D eigenvalue weighted by Crippen LogP contribution is -2.26. The Labute approximate surface area is 203 Å². The summed E-state index contributed by atoms with van der Waals surface area (Å²) in [6.45, 7) is 1.92. The van der Waals surface area contributed by atoms with Gasteiger partial charge in [-0.3, -0.25) is 4.79 Å². The Morgan fingerprint density at radius 3 is 2.56 bits per heavy atom. The van der Waals surface area contributed by atoms with Crippen molar-refractivity contribution in [3.8, 4) is 22.7 Å². The van der Waals surface area contributed by atoms with Gasteiger partial charge in [-0.25, -0.2) is 9.07 Å². The number of aromatic nitrogens is 2. The fourth-order valence-corrected chi connectivity index (χ4v) is 3.94. The third-order valence-corrected chi connectivity index (χ3v) is 5.77. The van der Waals surface area contributed by atoms with Crippen LogP contribution >= 0.6 is 11.6 Å². The lowest BCUT2D eigenvalue weighted by Gasteiger charge is -2.14. The van der Waals surface area contributed by atoms with Crippen molar-refractivity contribution in [2.75, 3.05) is 7.11 Å². The summed E-state index contributed by atoms with van der Waals surface area (Å²) in [5.74, 6) is 0.323. The van der Waals surface area contributed by atoms with Crippen LogP contribution in [0.2, 0.25) is 5.02 Å². The zero-order valence-electron chi connectivity index (χ0n) is 19.0. The largest absolute Gasteiger partial charge is 0.497 e. The second-order valence-electron chi connectivity index (χ2n) is 7.99. The van der Waals surface area contributed by atoms with Gasteiger partial charge in [-0.2, -0.15) is 5.10 Å². The minimum Gasteiger partial charge on any atom is -0.497 e. The van der Waals surface area contributed by atoms with Crippen molar-refractivity contribution in [1.29, 1.82) is 0 Å². The molecule has 1 amide bonds. The molecule has 0 aliphatic rings. The van der Waals surface area contributed by atoms with Crippen molar-refractivity contribution >= 4 is 17.5 Å². The van der Waals surface area contributed by atoms with Crippen LogP contribution in [0.4, 0.5) is 4.39 Å². The van der Waals surface area contributed by atoms with E-state index < -0.39 is 0 Å². The van der Waals surface area contributed by atoms with Gasteiger partial charge in [0.05, 0.1) is 30.2 Å². The summed E-state index contributed by atoms with van der Waals surface area (Å²) in [6.07, 6.45) is 0.715. The molecule has 0 bridgehead atoms. The van der Waals surface area contributed by atoms with Crippen LogP contribution in [-0.2, 0) is 11.2 Å². The van der Waals surface area contributed by atoms with Crippen LogP contribution in [0.1, 0.15) is 30.6 Å². The number of ether oxygens (including phenoxy) is 1. The number of methoxy groups -OCH3 is 1. The van der Waals surface area contributed by atoms with Gasteiger partial charge in [0, 0.05) is 23.4 Å². The molecule has 0 saturated heterocycles. The molecule has 5 nitrogen and oxygen atoms in total. The van der Waals surface area contributed by atoms with E-state index in [2.05, 4.69) is 5.32 Å². The lowest BCUT2D eigenvalue weighted by molar-refractivity contribution is -0.121. The molecule has 0 spiro atoms. The molecule has 174 valence electrons. The van der Waals surface area contributed by atoms with Gasteiger partial charge in [0.15, 0.2) is 0 Å². The van der Waals surface area contributed by atoms with E-state index in [9.17, 15) is 9.18 Å². The Balaban J connectivity index is 1.53. The van der Waals surface area contributed by atoms with Crippen molar-refractivity contribution in [2.45, 2.75) is 25.8 Å². The van der Waals surface area contributed by atoms with Crippen molar-refractivity contribution in [3.05, 3.63) is 101 Å². The van der Waals surface area contributed by atoms with Crippen molar-refractivity contribution in [2.24, 2.45) is 0 Å². The highest BCUT2D eigenvalue weighted by Gasteiger charge is 2.15. The van der Waals surface area contributed by atoms with E-state index in [-0.39, 0.29) is 24.2 Å². The predicted octanol–water partition coefficient (Wildman–Crippen LogP) is 6.15. The molecule has 3 aromatic carbocycles. The number of nitrogens with one attached hydrogen (secondary N) is 1. The molecule has 4 rings (SSSR count). The van der Waals surface area contributed by atoms with E-state index in [0.717, 1.165) is 28.4 Å². The average Bonchev–Trinajstić information content (AvgIpc) is 3.27. The van der Waals surface area contributed by atoms with Gasteiger partial charge in [0.25, 0.3) is 0 Å². The first-order valence-electron chi connectivity index (χ1n) is 11.0. The van der Waals surface area contributed by atoms with Gasteiger partial charge in [-0.05, 0) is 67.1 Å². The number of halogens is 2. The molecule has 1 heterocycles. The molecule has 0 aliphatic heterocycles. The monoisotopic (exact) mass is 477 g/mol. The Hall–Kier alpha value is -3.64. The molecule has 0 fully saturated rings. The first-order valence-corrected chi connectivity index (χ1v) is 11.3. The molecule has 1 atom stereocenters. The van der Waals surface area contributed by atoms with Crippen molar-refractivity contribution in [1.82, 2.24) is 15.1 Å². The van der Waals surface area contributed by atoms with Crippen molar-refractivity contribution < 1.29 is 13.9 Å². The van der Waals surface area contributed by atoms with Crippen LogP contribution in [0.3, 0.4) is 0 Å². The van der Waals surface area contributed by atoms with E-state index >= 15 is 0 Å². The van der Waals surface area contributed by atoms with Gasteiger partial charge in [0.1, 0.15) is 11.6 Å². The van der Waals surface area contributed by atoms with Crippen LogP contribution < -0.4 is 10.1 Å². The maximum absolute atomic E-state index is 13.9. The summed E-state index contributed by atoms with van der Waals surface area (Å²) in [7, 11) is 1.61. The Morgan fingerprint density at radius 1 is 1.09 bits per heavy atom. The lowest BCUT2D eigenvalue weighted by atomic mass is 10.1. The van der Waals surface area contributed by atoms with E-state index in [4.69, 9.17) is 21.4 Å². The Kier molecular flexibility index (Phi) is 7.28. The van der Waals surface area contributed by atoms with Crippen LogP contribution in [0, 0.1) is 5.82 Å². The quantitative estimate of drug-likeness (QED) is 0.331. The highest BCUT2D eigenvalue weighted by atomic mass is 35.5. The molecule has 34 heavy (non-hydrogen) atoms. The molecule has 0 aliphatic carbocycles. The fraction of sp³-hybridized carbons (Fsp3) is 0.185. The number of carbonyl (C=O) groups excluding carboxylic acids is 1. The standard InChI is InChI=1S/C27H25ClFN3O2/c1-18(19-5-3-7-21(28)15-19)30-27(33)14-9-23-17-26(20-6-4-8-22(29)16-20)32(31-23)24-10-12-25(34-2)13-11-24/h3-8,10-13,15-18H,9,14H2,1-2H3,(H,30,33). The normalized spacial score (nSPS) is 11.8. The maximum atomic E-state index is 13.9. The van der Waals surface area contributed by atoms with Gasteiger partial charge >= 0.3 is 0 Å². The highest BCUT2D eigenvalue weighted by Crippen LogP contribution is 2.26. The number of rotatable bonds is 8. The third kappa shape index (κ3) is 5.64. The molecule has 1 unspecified atom stereocenters. The molecular weight excluding hydrogens is 453 g/mol. The highest BCUT2D eigenvalue weighted by molar-refractivity contribution is 6.30. The smallest absolute Gasteiger partial charge is 0.220 e. The zero-order chi connectivity index (χ0) is 24.1. The number of benzene rings is 3. The number of hydrogen-bond acceptors (Lipinski definition) is 3. The van der Waals surface area contributed by atoms with E-state index in [1.165, 1.54) is 12.1 Å². The summed E-state index contributed by atoms with van der Waals surface area (Å²) < 4.78 is 20.9. The van der Waals surface area contributed by atoms with Crippen LogP contribution in [0.15, 0.2) is 78.9 Å². The molecule has 0 saturated carbocycles. The molecule has 7 heteroatoms. The summed E-state index contributed by atoms with van der Waals surface area (Å²) in [6, 6.07) is 23.0. The second kappa shape index (κ2) is 10.5. The Morgan fingerprint density at radius 2 is 1.85 bits per heavy atom. The summed E-state index contributed by atoms with van der Waals surface area (Å²) in [4.78, 5) is 12.6. The minimum atomic E-state index is -0.323. The predicted molar refractivity (Wildman–Crippen MR) is 132 cm³/mol. The number of nitrogens with zero attached hydrogens (tertiary/aromatic N) is 2. The van der Waals surface area contributed by atoms with Crippen LogP contribution in [0.5, 0.6) is 5.75 Å². The first kappa shape index (κ1) is 23.5. The summed E-state index contributed by atoms with van der Waals surface area (Å²) in [5.41, 5.74) is 3.94. The number of aryl methyl sites for hydroxylation is 1. The average molecular weight is 478 g/mol. The first-order chi connectivity index (χ1) is 16.4. The molecule has 4 aromatic rings. The van der Waals surface area contributed by atoms with Crippen LogP contribution in [-0.4, -0.2) is 22.8 Å². The molecular formula is C27H25ClFN3O2. The molecule has 1 aromatic heterocycles. The third-order valence-electron chi connectivity index (χ3n) is 5.53. The molecule has 1 N–H and O–H groups in total. The number of hydrogen-bond donors (Lipinski definition) is 1. The van der Waals surface area contributed by atoms with E-state index in [0.29, 0.717) is 17.0 Å². The van der Waals surface area contributed by atoms with Gasteiger partial charge < -0.3 is 10.1 Å². The van der Waals surface area contributed by atoms with E-state index in [1.807, 2.05) is 61.5 Å². The van der Waals surface area contributed by atoms with Gasteiger partial charge in [-0.15, -0.1) is 0 Å². The maximum Gasteiger partial charge on any atom is 0.220 e. The van der Waals surface area contributed by atoms with E-state index in [1.54, 1.807) is 23.9 Å². The summed E-state index contributed by atoms with van der Waals surface area (Å²) >= 11 is 6.06. The molecule has 0 radical (unpaired) electrons. The summed E-state index contributed by atoms with van der Waals surface area (Å²) in [5, 5.41) is 8.35. The Bertz CT molecular complexity index is 1290. The van der Waals surface area contributed by atoms with Gasteiger partial charge in [-0.1, -0.05) is 35.9 Å². The number of carbonyl (C=O) groups is 1. The fourth-order valence-electron chi connectivity index (χ4n) is 3.74. The number of amides is 1. The van der Waals surface area contributed by atoms with Crippen molar-refractivity contribution in [3.63, 3.8) is 0 Å². The zero-order valence-corrected chi connectivity index (χ0v) is 19.7. The SMILES string of the molecule is COc1ccc(-n2nc(CCC(=O)NC(C)c3cccc(Cl)c3)cc2-c2cccc(F)c2)cc1. The van der Waals surface area contributed by atoms with Gasteiger partial charge in [0.2, 0.25) is 5.91 Å². The topological polar surface area (TPSA) is 56.2 Å². The second-order valence-corrected chi connectivity index (χ2v) is 8.42. The van der Waals surface area contributed by atoms with Crippen LogP contribution in [0.25, 0.3) is 16.9 Å². The minimum absolute atomic E-state index is 0.0845.